The quantitative estimate of drug-likeness (QED) is 0.185. The summed E-state index contributed by atoms with van der Waals surface area (Å²) in [4.78, 5) is 25.1. The molecule has 0 spiro atoms. The molecule has 0 aliphatic heterocycles. The zero-order valence-electron chi connectivity index (χ0n) is 23.8. The van der Waals surface area contributed by atoms with Gasteiger partial charge in [0.15, 0.2) is 18.1 Å². The van der Waals surface area contributed by atoms with Gasteiger partial charge in [-0.15, -0.1) is 0 Å². The van der Waals surface area contributed by atoms with Crippen molar-refractivity contribution in [2.24, 2.45) is 22.9 Å². The number of halogens is 1. The predicted molar refractivity (Wildman–Crippen MR) is 167 cm³/mol. The molecule has 7 nitrogen and oxygen atoms in total. The van der Waals surface area contributed by atoms with E-state index in [1.807, 2.05) is 25.1 Å². The molecule has 0 unspecified atom stereocenters. The molecule has 42 heavy (non-hydrogen) atoms. The fourth-order valence-electron chi connectivity index (χ4n) is 7.58. The summed E-state index contributed by atoms with van der Waals surface area (Å²) >= 11 is 3.37. The highest BCUT2D eigenvalue weighted by Gasteiger charge is 2.51. The number of rotatable bonds is 10. The fraction of sp³-hybridized carbons (Fsp3) is 0.382. The van der Waals surface area contributed by atoms with Crippen molar-refractivity contribution in [3.05, 3.63) is 87.9 Å². The lowest BCUT2D eigenvalue weighted by atomic mass is 9.48. The molecule has 7 rings (SSSR count). The van der Waals surface area contributed by atoms with Crippen LogP contribution in [0.15, 0.2) is 76.3 Å². The highest BCUT2D eigenvalue weighted by atomic mass is 79.9. The molecule has 4 bridgehead atoms. The monoisotopic (exact) mass is 629 g/mol. The zero-order valence-corrected chi connectivity index (χ0v) is 25.4. The first-order valence-electron chi connectivity index (χ1n) is 14.8. The summed E-state index contributed by atoms with van der Waals surface area (Å²) < 4.78 is 12.3. The lowest BCUT2D eigenvalue weighted by Crippen LogP contribution is -2.48. The third kappa shape index (κ3) is 6.24. The average Bonchev–Trinajstić information content (AvgIpc) is 2.97. The Bertz CT molecular complexity index is 1450. The van der Waals surface area contributed by atoms with Gasteiger partial charge in [-0.3, -0.25) is 9.59 Å². The van der Waals surface area contributed by atoms with Gasteiger partial charge in [-0.2, -0.15) is 5.10 Å². The van der Waals surface area contributed by atoms with Crippen molar-refractivity contribution in [3.8, 4) is 11.5 Å². The summed E-state index contributed by atoms with van der Waals surface area (Å²) in [5.41, 5.74) is 6.29. The summed E-state index contributed by atoms with van der Waals surface area (Å²) in [5.74, 6) is 3.10. The van der Waals surface area contributed by atoms with Crippen LogP contribution in [0.1, 0.15) is 66.9 Å². The van der Waals surface area contributed by atoms with Crippen LogP contribution in [-0.2, 0) is 10.2 Å². The SMILES string of the molecule is CCOc1cc(/C=N\NC(=O)c2ccccc2Br)ccc1OCC(=O)Nc1ccc(C23CC4CC(CC(C4)C2)C3)cc1. The van der Waals surface area contributed by atoms with E-state index in [0.717, 1.165) is 23.4 Å². The molecule has 0 heterocycles. The van der Waals surface area contributed by atoms with E-state index in [1.54, 1.807) is 36.4 Å². The van der Waals surface area contributed by atoms with Gasteiger partial charge in [-0.25, -0.2) is 5.43 Å². The minimum absolute atomic E-state index is 0.147. The Kier molecular flexibility index (Phi) is 8.34. The van der Waals surface area contributed by atoms with E-state index in [2.05, 4.69) is 43.9 Å². The van der Waals surface area contributed by atoms with Gasteiger partial charge in [0.25, 0.3) is 11.8 Å². The topological polar surface area (TPSA) is 89.0 Å². The molecular formula is C34H36BrN3O4. The number of hydrogen-bond donors (Lipinski definition) is 2. The largest absolute Gasteiger partial charge is 0.490 e. The van der Waals surface area contributed by atoms with Crippen LogP contribution in [0.3, 0.4) is 0 Å². The van der Waals surface area contributed by atoms with Crippen molar-refractivity contribution in [3.63, 3.8) is 0 Å². The van der Waals surface area contributed by atoms with Gasteiger partial charge in [0.05, 0.1) is 18.4 Å². The minimum atomic E-state index is -0.322. The lowest BCUT2D eigenvalue weighted by molar-refractivity contribution is -0.118. The second-order valence-electron chi connectivity index (χ2n) is 11.9. The number of benzene rings is 3. The molecule has 8 heteroatoms. The number of nitrogens with one attached hydrogen (secondary N) is 2. The maximum atomic E-state index is 12.7. The van der Waals surface area contributed by atoms with Crippen LogP contribution in [0.4, 0.5) is 5.69 Å². The standard InChI is InChI=1S/C34H36BrN3O4/c1-2-41-31-16-22(20-36-38-33(40)28-5-3-4-6-29(28)35)7-12-30(31)42-21-32(39)37-27-10-8-26(9-11-27)34-17-23-13-24(18-34)15-25(14-23)19-34/h3-12,16,20,23-25H,2,13-15,17-19,21H2,1H3,(H,37,39)(H,38,40)/b36-20-. The van der Waals surface area contributed by atoms with E-state index >= 15 is 0 Å². The lowest BCUT2D eigenvalue weighted by Gasteiger charge is -2.57. The summed E-state index contributed by atoms with van der Waals surface area (Å²) in [5, 5.41) is 7.03. The Balaban J connectivity index is 1.03. The summed E-state index contributed by atoms with van der Waals surface area (Å²) in [6.45, 7) is 2.16. The van der Waals surface area contributed by atoms with Crippen LogP contribution in [0, 0.1) is 17.8 Å². The Morgan fingerprint density at radius 3 is 2.29 bits per heavy atom. The highest BCUT2D eigenvalue weighted by Crippen LogP contribution is 2.60. The van der Waals surface area contributed by atoms with Gasteiger partial charge >= 0.3 is 0 Å². The van der Waals surface area contributed by atoms with Crippen molar-refractivity contribution in [2.45, 2.75) is 50.9 Å². The second kappa shape index (κ2) is 12.3. The van der Waals surface area contributed by atoms with Crippen molar-refractivity contribution in [1.82, 2.24) is 5.43 Å². The number of hydrogen-bond acceptors (Lipinski definition) is 5. The van der Waals surface area contributed by atoms with Crippen LogP contribution in [0.5, 0.6) is 11.5 Å². The van der Waals surface area contributed by atoms with Crippen molar-refractivity contribution < 1.29 is 19.1 Å². The van der Waals surface area contributed by atoms with E-state index < -0.39 is 0 Å². The predicted octanol–water partition coefficient (Wildman–Crippen LogP) is 7.10. The van der Waals surface area contributed by atoms with Crippen molar-refractivity contribution in [2.75, 3.05) is 18.5 Å². The van der Waals surface area contributed by atoms with E-state index in [0.29, 0.717) is 39.1 Å². The van der Waals surface area contributed by atoms with E-state index in [4.69, 9.17) is 9.47 Å². The van der Waals surface area contributed by atoms with Crippen molar-refractivity contribution >= 4 is 39.6 Å². The molecular weight excluding hydrogens is 594 g/mol. The first-order chi connectivity index (χ1) is 20.4. The van der Waals surface area contributed by atoms with Gasteiger partial charge in [0.1, 0.15) is 0 Å². The molecule has 3 aromatic carbocycles. The molecule has 2 N–H and O–H groups in total. The third-order valence-electron chi connectivity index (χ3n) is 8.94. The van der Waals surface area contributed by atoms with E-state index in [9.17, 15) is 9.59 Å². The zero-order chi connectivity index (χ0) is 29.1. The first kappa shape index (κ1) is 28.5. The van der Waals surface area contributed by atoms with Crippen LogP contribution < -0.4 is 20.2 Å². The van der Waals surface area contributed by atoms with Gasteiger partial charge in [-0.05, 0) is 138 Å². The molecule has 0 atom stereocenters. The molecule has 0 aromatic heterocycles. The smallest absolute Gasteiger partial charge is 0.272 e. The van der Waals surface area contributed by atoms with Crippen LogP contribution in [0.25, 0.3) is 0 Å². The third-order valence-corrected chi connectivity index (χ3v) is 9.64. The molecule has 4 saturated carbocycles. The summed E-state index contributed by atoms with van der Waals surface area (Å²) in [6.07, 6.45) is 9.80. The highest BCUT2D eigenvalue weighted by molar-refractivity contribution is 9.10. The molecule has 0 saturated heterocycles. The number of nitrogens with zero attached hydrogens (tertiary/aromatic N) is 1. The Labute approximate surface area is 255 Å². The van der Waals surface area contributed by atoms with E-state index in [1.165, 1.54) is 50.3 Å². The normalized spacial score (nSPS) is 24.0. The maximum absolute atomic E-state index is 12.7. The number of amides is 2. The second-order valence-corrected chi connectivity index (χ2v) is 12.8. The number of carbonyl (C=O) groups is 2. The molecule has 0 radical (unpaired) electrons. The summed E-state index contributed by atoms with van der Waals surface area (Å²) in [7, 11) is 0. The number of hydrazone groups is 1. The number of ether oxygens (including phenoxy) is 2. The Morgan fingerprint density at radius 1 is 0.929 bits per heavy atom. The van der Waals surface area contributed by atoms with Crippen molar-refractivity contribution in [1.29, 1.82) is 0 Å². The molecule has 4 aliphatic rings. The Hall–Kier alpha value is -3.65. The van der Waals surface area contributed by atoms with Crippen LogP contribution >= 0.6 is 15.9 Å². The van der Waals surface area contributed by atoms with E-state index in [-0.39, 0.29) is 18.4 Å². The first-order valence-corrected chi connectivity index (χ1v) is 15.6. The molecule has 4 aliphatic carbocycles. The van der Waals surface area contributed by atoms with Gasteiger partial charge in [0, 0.05) is 10.2 Å². The number of anilines is 1. The van der Waals surface area contributed by atoms with Crippen LogP contribution in [-0.4, -0.2) is 31.2 Å². The average molecular weight is 631 g/mol. The van der Waals surface area contributed by atoms with Gasteiger partial charge < -0.3 is 14.8 Å². The minimum Gasteiger partial charge on any atom is -0.490 e. The summed E-state index contributed by atoms with van der Waals surface area (Å²) in [6, 6.07) is 20.9. The molecule has 218 valence electrons. The van der Waals surface area contributed by atoms with Gasteiger partial charge in [-0.1, -0.05) is 24.3 Å². The van der Waals surface area contributed by atoms with Crippen LogP contribution in [0.2, 0.25) is 0 Å². The molecule has 4 fully saturated rings. The molecule has 2 amide bonds. The maximum Gasteiger partial charge on any atom is 0.272 e. The molecule has 3 aromatic rings. The number of carbonyl (C=O) groups excluding carboxylic acids is 2. The van der Waals surface area contributed by atoms with Gasteiger partial charge in [0.2, 0.25) is 0 Å². The fourth-order valence-corrected chi connectivity index (χ4v) is 8.04. The Morgan fingerprint density at radius 2 is 1.62 bits per heavy atom.